The van der Waals surface area contributed by atoms with Crippen LogP contribution >= 0.6 is 0 Å². The molecule has 0 bridgehead atoms. The lowest BCUT2D eigenvalue weighted by Crippen LogP contribution is -2.45. The zero-order valence-corrected chi connectivity index (χ0v) is 12.8. The van der Waals surface area contributed by atoms with E-state index in [1.807, 2.05) is 0 Å². The second-order valence-corrected chi connectivity index (χ2v) is 7.24. The van der Waals surface area contributed by atoms with Gasteiger partial charge in [-0.2, -0.15) is 0 Å². The second kappa shape index (κ2) is 6.41. The molecule has 1 spiro atoms. The maximum Gasteiger partial charge on any atom is -0.00152 e. The van der Waals surface area contributed by atoms with E-state index in [0.29, 0.717) is 5.41 Å². The van der Waals surface area contributed by atoms with Gasteiger partial charge in [0.05, 0.1) is 0 Å². The third kappa shape index (κ3) is 3.10. The summed E-state index contributed by atoms with van der Waals surface area (Å²) in [5.74, 6) is 2.86. The van der Waals surface area contributed by atoms with Gasteiger partial charge in [0.2, 0.25) is 0 Å². The van der Waals surface area contributed by atoms with Crippen molar-refractivity contribution in [2.24, 2.45) is 23.2 Å². The van der Waals surface area contributed by atoms with Crippen molar-refractivity contribution < 1.29 is 0 Å². The maximum absolute atomic E-state index is 3.65. The summed E-state index contributed by atoms with van der Waals surface area (Å²) in [5.41, 5.74) is 0.713. The van der Waals surface area contributed by atoms with Gasteiger partial charge < -0.3 is 5.32 Å². The average molecular weight is 251 g/mol. The minimum atomic E-state index is 0.713. The summed E-state index contributed by atoms with van der Waals surface area (Å²) in [6.45, 7) is 9.77. The highest BCUT2D eigenvalue weighted by atomic mass is 14.9. The molecule has 0 aromatic heterocycles. The van der Waals surface area contributed by atoms with Gasteiger partial charge >= 0.3 is 0 Å². The van der Waals surface area contributed by atoms with Crippen molar-refractivity contribution in [1.82, 2.24) is 5.32 Å². The molecule has 0 radical (unpaired) electrons. The molecule has 106 valence electrons. The maximum atomic E-state index is 3.65. The largest absolute Gasteiger partial charge is 0.316 e. The number of hydrogen-bond donors (Lipinski definition) is 1. The minimum Gasteiger partial charge on any atom is -0.316 e. The van der Waals surface area contributed by atoms with E-state index in [1.165, 1.54) is 64.5 Å². The molecule has 1 heterocycles. The molecule has 2 rings (SSSR count). The van der Waals surface area contributed by atoms with Crippen molar-refractivity contribution in [3.63, 3.8) is 0 Å². The lowest BCUT2D eigenvalue weighted by atomic mass is 9.64. The molecule has 0 amide bonds. The van der Waals surface area contributed by atoms with E-state index in [-0.39, 0.29) is 0 Å². The van der Waals surface area contributed by atoms with E-state index in [9.17, 15) is 0 Å². The molecule has 2 fully saturated rings. The molecule has 1 N–H and O–H groups in total. The van der Waals surface area contributed by atoms with Crippen molar-refractivity contribution in [3.8, 4) is 0 Å². The Morgan fingerprint density at radius 2 is 2.00 bits per heavy atom. The third-order valence-electron chi connectivity index (χ3n) is 5.90. The smallest absolute Gasteiger partial charge is 0.00152 e. The Hall–Kier alpha value is -0.0400. The van der Waals surface area contributed by atoms with Gasteiger partial charge in [-0.05, 0) is 68.4 Å². The van der Waals surface area contributed by atoms with E-state index in [4.69, 9.17) is 0 Å². The van der Waals surface area contributed by atoms with Crippen LogP contribution in [0.2, 0.25) is 0 Å². The van der Waals surface area contributed by atoms with Crippen molar-refractivity contribution >= 4 is 0 Å². The minimum absolute atomic E-state index is 0.713. The molecule has 1 nitrogen and oxygen atoms in total. The molecular formula is C17H33N. The monoisotopic (exact) mass is 251 g/mol. The first-order valence-corrected chi connectivity index (χ1v) is 8.38. The first kappa shape index (κ1) is 14.4. The van der Waals surface area contributed by atoms with Crippen molar-refractivity contribution in [2.45, 2.75) is 72.1 Å². The van der Waals surface area contributed by atoms with Gasteiger partial charge in [0, 0.05) is 0 Å². The predicted molar refractivity (Wildman–Crippen MR) is 79.7 cm³/mol. The summed E-state index contributed by atoms with van der Waals surface area (Å²) in [6.07, 6.45) is 11.8. The van der Waals surface area contributed by atoms with Crippen LogP contribution in [0.4, 0.5) is 0 Å². The lowest BCUT2D eigenvalue weighted by Gasteiger charge is -2.45. The molecule has 3 unspecified atom stereocenters. The average Bonchev–Trinajstić information content (AvgIpc) is 2.56. The normalized spacial score (nSPS) is 38.0. The summed E-state index contributed by atoms with van der Waals surface area (Å²) in [7, 11) is 0. The Bertz CT molecular complexity index is 246. The zero-order chi connectivity index (χ0) is 13.0. The van der Waals surface area contributed by atoms with Crippen LogP contribution in [0.15, 0.2) is 0 Å². The van der Waals surface area contributed by atoms with Crippen LogP contribution in [0, 0.1) is 23.2 Å². The number of nitrogens with one attached hydrogen (secondary N) is 1. The fraction of sp³-hybridized carbons (Fsp3) is 1.00. The van der Waals surface area contributed by atoms with Gasteiger partial charge in [-0.3, -0.25) is 0 Å². The Balaban J connectivity index is 2.03. The lowest BCUT2D eigenvalue weighted by molar-refractivity contribution is 0.0770. The van der Waals surface area contributed by atoms with Gasteiger partial charge in [0.15, 0.2) is 0 Å². The summed E-state index contributed by atoms with van der Waals surface area (Å²) >= 11 is 0. The number of hydrogen-bond acceptors (Lipinski definition) is 1. The van der Waals surface area contributed by atoms with Gasteiger partial charge in [-0.15, -0.1) is 0 Å². The van der Waals surface area contributed by atoms with Crippen LogP contribution in [0.1, 0.15) is 72.1 Å². The van der Waals surface area contributed by atoms with E-state index in [0.717, 1.165) is 17.8 Å². The standard InChI is InChI=1S/C17H33N/c1-4-6-16-13-18-12-11-17(16)9-5-7-15(8-10-17)14(2)3/h14-16,18H,4-13H2,1-3H3. The molecule has 1 saturated heterocycles. The van der Waals surface area contributed by atoms with Gasteiger partial charge in [-0.25, -0.2) is 0 Å². The highest BCUT2D eigenvalue weighted by Gasteiger charge is 2.41. The fourth-order valence-electron chi connectivity index (χ4n) is 4.57. The summed E-state index contributed by atoms with van der Waals surface area (Å²) in [6, 6.07) is 0. The van der Waals surface area contributed by atoms with E-state index in [2.05, 4.69) is 26.1 Å². The van der Waals surface area contributed by atoms with Gasteiger partial charge in [0.25, 0.3) is 0 Å². The quantitative estimate of drug-likeness (QED) is 0.772. The van der Waals surface area contributed by atoms with E-state index >= 15 is 0 Å². The first-order chi connectivity index (χ1) is 8.68. The van der Waals surface area contributed by atoms with Crippen LogP contribution in [0.25, 0.3) is 0 Å². The summed E-state index contributed by atoms with van der Waals surface area (Å²) < 4.78 is 0. The second-order valence-electron chi connectivity index (χ2n) is 7.24. The molecule has 1 heteroatoms. The molecule has 3 atom stereocenters. The van der Waals surface area contributed by atoms with Crippen molar-refractivity contribution in [1.29, 1.82) is 0 Å². The zero-order valence-electron chi connectivity index (χ0n) is 12.8. The van der Waals surface area contributed by atoms with Crippen LogP contribution < -0.4 is 5.32 Å². The topological polar surface area (TPSA) is 12.0 Å². The predicted octanol–water partition coefficient (Wildman–Crippen LogP) is 4.62. The van der Waals surface area contributed by atoms with Crippen LogP contribution in [-0.2, 0) is 0 Å². The Labute approximate surface area is 114 Å². The molecule has 18 heavy (non-hydrogen) atoms. The molecule has 0 aromatic rings. The molecule has 1 aliphatic heterocycles. The van der Waals surface area contributed by atoms with Crippen LogP contribution in [0.3, 0.4) is 0 Å². The molecule has 2 aliphatic rings. The summed E-state index contributed by atoms with van der Waals surface area (Å²) in [4.78, 5) is 0. The number of piperidine rings is 1. The van der Waals surface area contributed by atoms with Crippen molar-refractivity contribution in [2.75, 3.05) is 13.1 Å². The van der Waals surface area contributed by atoms with E-state index in [1.54, 1.807) is 0 Å². The van der Waals surface area contributed by atoms with Gasteiger partial charge in [-0.1, -0.05) is 40.0 Å². The molecule has 0 aromatic carbocycles. The fourth-order valence-corrected chi connectivity index (χ4v) is 4.57. The SMILES string of the molecule is CCCC1CNCCC12CCCC(C(C)C)CC2. The Kier molecular flexibility index (Phi) is 5.12. The number of rotatable bonds is 3. The molecule has 1 saturated carbocycles. The Morgan fingerprint density at radius 1 is 1.17 bits per heavy atom. The van der Waals surface area contributed by atoms with Crippen LogP contribution in [0.5, 0.6) is 0 Å². The third-order valence-corrected chi connectivity index (χ3v) is 5.90. The van der Waals surface area contributed by atoms with Gasteiger partial charge in [0.1, 0.15) is 0 Å². The first-order valence-electron chi connectivity index (χ1n) is 8.38. The molecule has 1 aliphatic carbocycles. The highest BCUT2D eigenvalue weighted by Crippen LogP contribution is 2.49. The molecular weight excluding hydrogens is 218 g/mol. The summed E-state index contributed by atoms with van der Waals surface area (Å²) in [5, 5.41) is 3.65. The van der Waals surface area contributed by atoms with Crippen molar-refractivity contribution in [3.05, 3.63) is 0 Å². The highest BCUT2D eigenvalue weighted by molar-refractivity contribution is 4.93. The van der Waals surface area contributed by atoms with E-state index < -0.39 is 0 Å². The van der Waals surface area contributed by atoms with Crippen LogP contribution in [-0.4, -0.2) is 13.1 Å². The Morgan fingerprint density at radius 3 is 2.72 bits per heavy atom.